The van der Waals surface area contributed by atoms with Crippen LogP contribution in [0.1, 0.15) is 12.8 Å². The van der Waals surface area contributed by atoms with Crippen LogP contribution in [0.4, 0.5) is 17.2 Å². The quantitative estimate of drug-likeness (QED) is 0.537. The normalized spacial score (nSPS) is 19.3. The number of aromatic nitrogens is 1. The van der Waals surface area contributed by atoms with Gasteiger partial charge < -0.3 is 19.4 Å². The number of amides is 1. The first kappa shape index (κ1) is 20.9. The number of rotatable bonds is 5. The Morgan fingerprint density at radius 2 is 1.87 bits per heavy atom. The van der Waals surface area contributed by atoms with Crippen molar-refractivity contribution in [2.24, 2.45) is 5.92 Å². The molecule has 1 amide bonds. The Labute approximate surface area is 181 Å². The lowest BCUT2D eigenvalue weighted by Gasteiger charge is -2.40. The van der Waals surface area contributed by atoms with Crippen molar-refractivity contribution in [2.75, 3.05) is 56.2 Å². The molecule has 1 atom stereocenters. The van der Waals surface area contributed by atoms with Crippen LogP contribution < -0.4 is 14.5 Å². The van der Waals surface area contributed by atoms with Crippen LogP contribution in [0.5, 0.6) is 5.75 Å². The zero-order valence-corrected chi connectivity index (χ0v) is 17.6. The van der Waals surface area contributed by atoms with E-state index in [1.165, 1.54) is 12.3 Å². The van der Waals surface area contributed by atoms with Crippen LogP contribution in [0.3, 0.4) is 0 Å². The van der Waals surface area contributed by atoms with Gasteiger partial charge in [0, 0.05) is 45.3 Å². The molecule has 0 radical (unpaired) electrons. The highest BCUT2D eigenvalue weighted by Gasteiger charge is 2.32. The third-order valence-electron chi connectivity index (χ3n) is 6.05. The van der Waals surface area contributed by atoms with E-state index in [1.54, 1.807) is 13.2 Å². The molecule has 1 aromatic heterocycles. The zero-order valence-electron chi connectivity index (χ0n) is 17.6. The van der Waals surface area contributed by atoms with Gasteiger partial charge in [0.2, 0.25) is 5.91 Å². The van der Waals surface area contributed by atoms with E-state index in [2.05, 4.69) is 14.8 Å². The Morgan fingerprint density at radius 3 is 2.55 bits per heavy atom. The van der Waals surface area contributed by atoms with Crippen LogP contribution in [0, 0.1) is 16.0 Å². The van der Waals surface area contributed by atoms with E-state index in [9.17, 15) is 14.9 Å². The van der Waals surface area contributed by atoms with E-state index < -0.39 is 4.92 Å². The average molecular weight is 425 g/mol. The number of anilines is 2. The van der Waals surface area contributed by atoms with Gasteiger partial charge in [-0.15, -0.1) is 0 Å². The monoisotopic (exact) mass is 425 g/mol. The summed E-state index contributed by atoms with van der Waals surface area (Å²) >= 11 is 0. The SMILES string of the molecule is COc1ccccc1N1CCN(C(=O)[C@@H]2CCCN(c3ccc([N+](=O)[O-])cn3)C2)CC1. The minimum atomic E-state index is -0.454. The molecule has 164 valence electrons. The van der Waals surface area contributed by atoms with E-state index in [-0.39, 0.29) is 17.5 Å². The van der Waals surface area contributed by atoms with Crippen molar-refractivity contribution in [3.63, 3.8) is 0 Å². The van der Waals surface area contributed by atoms with Crippen molar-refractivity contribution in [2.45, 2.75) is 12.8 Å². The Hall–Kier alpha value is -3.36. The molecule has 0 unspecified atom stereocenters. The predicted octanol–water partition coefficient (Wildman–Crippen LogP) is 2.56. The fourth-order valence-corrected chi connectivity index (χ4v) is 4.38. The average Bonchev–Trinajstić information content (AvgIpc) is 2.84. The van der Waals surface area contributed by atoms with Gasteiger partial charge in [-0.25, -0.2) is 4.98 Å². The molecule has 1 aromatic carbocycles. The summed E-state index contributed by atoms with van der Waals surface area (Å²) in [5.41, 5.74) is 1.03. The molecule has 0 saturated carbocycles. The maximum absolute atomic E-state index is 13.2. The van der Waals surface area contributed by atoms with Crippen molar-refractivity contribution in [3.05, 3.63) is 52.7 Å². The number of carbonyl (C=O) groups excluding carboxylic acids is 1. The standard InChI is InChI=1S/C22H27N5O4/c1-31-20-7-3-2-6-19(20)24-11-13-25(14-12-24)22(28)17-5-4-10-26(16-17)21-9-8-18(15-23-21)27(29)30/h2-3,6-9,15,17H,4-5,10-14,16H2,1H3/t17-/m1/s1. The van der Waals surface area contributed by atoms with Gasteiger partial charge >= 0.3 is 0 Å². The zero-order chi connectivity index (χ0) is 21.8. The number of pyridine rings is 1. The lowest BCUT2D eigenvalue weighted by molar-refractivity contribution is -0.385. The third kappa shape index (κ3) is 4.55. The summed E-state index contributed by atoms with van der Waals surface area (Å²) in [6.45, 7) is 4.30. The summed E-state index contributed by atoms with van der Waals surface area (Å²) in [7, 11) is 1.67. The molecule has 2 aromatic rings. The molecule has 2 aliphatic heterocycles. The molecule has 4 rings (SSSR count). The van der Waals surface area contributed by atoms with Gasteiger partial charge in [0.1, 0.15) is 17.8 Å². The molecule has 2 fully saturated rings. The predicted molar refractivity (Wildman–Crippen MR) is 118 cm³/mol. The number of methoxy groups -OCH3 is 1. The van der Waals surface area contributed by atoms with Crippen LogP contribution in [-0.4, -0.2) is 67.1 Å². The van der Waals surface area contributed by atoms with Gasteiger partial charge in [0.15, 0.2) is 0 Å². The molecule has 0 spiro atoms. The number of carbonyl (C=O) groups is 1. The molecular formula is C22H27N5O4. The number of nitrogens with zero attached hydrogens (tertiary/aromatic N) is 5. The number of benzene rings is 1. The minimum Gasteiger partial charge on any atom is -0.495 e. The molecule has 2 aliphatic rings. The Kier molecular flexibility index (Phi) is 6.20. The fourth-order valence-electron chi connectivity index (χ4n) is 4.38. The second-order valence-corrected chi connectivity index (χ2v) is 7.90. The van der Waals surface area contributed by atoms with Crippen molar-refractivity contribution in [1.29, 1.82) is 0 Å². The number of piperidine rings is 1. The smallest absolute Gasteiger partial charge is 0.287 e. The minimum absolute atomic E-state index is 0.0266. The number of piperazine rings is 1. The van der Waals surface area contributed by atoms with Crippen LogP contribution in [-0.2, 0) is 4.79 Å². The molecule has 3 heterocycles. The number of nitro groups is 1. The summed E-state index contributed by atoms with van der Waals surface area (Å²) in [6, 6.07) is 11.1. The van der Waals surface area contributed by atoms with Gasteiger partial charge in [-0.05, 0) is 31.0 Å². The van der Waals surface area contributed by atoms with Crippen molar-refractivity contribution < 1.29 is 14.5 Å². The van der Waals surface area contributed by atoms with E-state index in [0.29, 0.717) is 25.5 Å². The summed E-state index contributed by atoms with van der Waals surface area (Å²) < 4.78 is 5.47. The molecule has 0 N–H and O–H groups in total. The first-order valence-electron chi connectivity index (χ1n) is 10.6. The first-order chi connectivity index (χ1) is 15.1. The topological polar surface area (TPSA) is 92.0 Å². The maximum atomic E-state index is 13.2. The van der Waals surface area contributed by atoms with Gasteiger partial charge in [-0.3, -0.25) is 14.9 Å². The number of ether oxygens (including phenoxy) is 1. The second-order valence-electron chi connectivity index (χ2n) is 7.90. The molecular weight excluding hydrogens is 398 g/mol. The Balaban J connectivity index is 1.36. The van der Waals surface area contributed by atoms with Crippen molar-refractivity contribution >= 4 is 23.1 Å². The number of hydrogen-bond acceptors (Lipinski definition) is 7. The van der Waals surface area contributed by atoms with Gasteiger partial charge in [0.25, 0.3) is 5.69 Å². The van der Waals surface area contributed by atoms with Crippen LogP contribution in [0.25, 0.3) is 0 Å². The summed E-state index contributed by atoms with van der Waals surface area (Å²) in [5, 5.41) is 10.8. The lowest BCUT2D eigenvalue weighted by atomic mass is 9.96. The largest absolute Gasteiger partial charge is 0.495 e. The van der Waals surface area contributed by atoms with E-state index >= 15 is 0 Å². The van der Waals surface area contributed by atoms with Gasteiger partial charge in [0.05, 0.1) is 23.6 Å². The second kappa shape index (κ2) is 9.20. The number of para-hydroxylation sites is 2. The van der Waals surface area contributed by atoms with E-state index in [0.717, 1.165) is 43.9 Å². The Bertz CT molecular complexity index is 928. The third-order valence-corrected chi connectivity index (χ3v) is 6.05. The molecule has 0 bridgehead atoms. The summed E-state index contributed by atoms with van der Waals surface area (Å²) in [6.07, 6.45) is 3.03. The van der Waals surface area contributed by atoms with Gasteiger partial charge in [-0.1, -0.05) is 12.1 Å². The van der Waals surface area contributed by atoms with E-state index in [4.69, 9.17) is 4.74 Å². The van der Waals surface area contributed by atoms with Gasteiger partial charge in [-0.2, -0.15) is 0 Å². The maximum Gasteiger partial charge on any atom is 0.287 e. The molecule has 2 saturated heterocycles. The summed E-state index contributed by atoms with van der Waals surface area (Å²) in [5.74, 6) is 1.64. The first-order valence-corrected chi connectivity index (χ1v) is 10.6. The fraction of sp³-hybridized carbons (Fsp3) is 0.455. The highest BCUT2D eigenvalue weighted by molar-refractivity contribution is 5.80. The van der Waals surface area contributed by atoms with Crippen molar-refractivity contribution in [3.8, 4) is 5.75 Å². The molecule has 9 nitrogen and oxygen atoms in total. The van der Waals surface area contributed by atoms with Crippen LogP contribution in [0.2, 0.25) is 0 Å². The van der Waals surface area contributed by atoms with Crippen LogP contribution >= 0.6 is 0 Å². The highest BCUT2D eigenvalue weighted by Crippen LogP contribution is 2.29. The number of hydrogen-bond donors (Lipinski definition) is 0. The Morgan fingerprint density at radius 1 is 1.10 bits per heavy atom. The molecule has 9 heteroatoms. The lowest BCUT2D eigenvalue weighted by Crippen LogP contribution is -2.52. The summed E-state index contributed by atoms with van der Waals surface area (Å²) in [4.78, 5) is 34.1. The van der Waals surface area contributed by atoms with E-state index in [1.807, 2.05) is 29.2 Å². The highest BCUT2D eigenvalue weighted by atomic mass is 16.6. The van der Waals surface area contributed by atoms with Crippen LogP contribution in [0.15, 0.2) is 42.6 Å². The van der Waals surface area contributed by atoms with Crippen molar-refractivity contribution in [1.82, 2.24) is 9.88 Å². The molecule has 31 heavy (non-hydrogen) atoms. The molecule has 0 aliphatic carbocycles.